The number of halogens is 2. The van der Waals surface area contributed by atoms with E-state index in [0.717, 1.165) is 0 Å². The molecular formula is C8H11Cl2N5. The summed E-state index contributed by atoms with van der Waals surface area (Å²) in [6.45, 7) is 0. The molecule has 1 aromatic carbocycles. The van der Waals surface area contributed by atoms with E-state index in [9.17, 15) is 0 Å². The van der Waals surface area contributed by atoms with Crippen LogP contribution in [0, 0.1) is 0 Å². The molecular weight excluding hydrogens is 237 g/mol. The quantitative estimate of drug-likeness (QED) is 0.314. The number of nitrogen functional groups attached to an aromatic ring is 1. The molecule has 0 spiro atoms. The van der Waals surface area contributed by atoms with Crippen LogP contribution in [0.25, 0.3) is 0 Å². The third kappa shape index (κ3) is 4.53. The van der Waals surface area contributed by atoms with E-state index in [0.29, 0.717) is 16.3 Å². The van der Waals surface area contributed by atoms with E-state index in [4.69, 9.17) is 28.8 Å². The van der Waals surface area contributed by atoms with Gasteiger partial charge in [0, 0.05) is 11.3 Å². The highest BCUT2D eigenvalue weighted by molar-refractivity contribution is 6.33. The molecule has 0 bridgehead atoms. The highest BCUT2D eigenvalue weighted by Gasteiger charge is 1.96. The Kier molecular flexibility index (Phi) is 5.51. The molecule has 0 atom stereocenters. The zero-order chi connectivity index (χ0) is 10.6. The standard InChI is InChI=1S/C8H10ClN5.ClH/c9-7-3-6(10)2-1-5(7)4-13-14-8(11)12;/h1-4H,10H2,(H4,11,12,14);1H. The van der Waals surface area contributed by atoms with Gasteiger partial charge in [0.05, 0.1) is 11.2 Å². The summed E-state index contributed by atoms with van der Waals surface area (Å²) in [6, 6.07) is 5.06. The Balaban J connectivity index is 0.00000196. The number of anilines is 1. The maximum Gasteiger partial charge on any atom is 0.211 e. The number of rotatable bonds is 2. The molecule has 82 valence electrons. The Morgan fingerprint density at radius 1 is 1.33 bits per heavy atom. The molecule has 0 aliphatic carbocycles. The van der Waals surface area contributed by atoms with E-state index < -0.39 is 0 Å². The van der Waals surface area contributed by atoms with Crippen molar-refractivity contribution in [1.29, 1.82) is 0 Å². The van der Waals surface area contributed by atoms with Gasteiger partial charge in [-0.1, -0.05) is 11.6 Å². The third-order valence-electron chi connectivity index (χ3n) is 1.39. The molecule has 6 N–H and O–H groups in total. The van der Waals surface area contributed by atoms with E-state index in [1.165, 1.54) is 6.21 Å². The molecule has 0 aromatic heterocycles. The molecule has 0 radical (unpaired) electrons. The fraction of sp³-hybridized carbons (Fsp3) is 0. The average Bonchev–Trinajstić information content (AvgIpc) is 2.08. The molecule has 5 nitrogen and oxygen atoms in total. The summed E-state index contributed by atoms with van der Waals surface area (Å²) in [5, 5.41) is 7.55. The van der Waals surface area contributed by atoms with Gasteiger partial charge in [-0.25, -0.2) is 0 Å². The van der Waals surface area contributed by atoms with Crippen LogP contribution in [-0.2, 0) is 0 Å². The van der Waals surface area contributed by atoms with Crippen LogP contribution in [0.5, 0.6) is 0 Å². The maximum atomic E-state index is 5.86. The highest BCUT2D eigenvalue weighted by atomic mass is 35.5. The monoisotopic (exact) mass is 247 g/mol. The van der Waals surface area contributed by atoms with Crippen LogP contribution in [-0.4, -0.2) is 12.2 Å². The van der Waals surface area contributed by atoms with Crippen LogP contribution in [0.4, 0.5) is 5.69 Å². The van der Waals surface area contributed by atoms with Crippen LogP contribution < -0.4 is 17.2 Å². The predicted molar refractivity (Wildman–Crippen MR) is 66.5 cm³/mol. The van der Waals surface area contributed by atoms with Crippen molar-refractivity contribution in [3.8, 4) is 0 Å². The predicted octanol–water partition coefficient (Wildman–Crippen LogP) is 0.951. The second-order valence-electron chi connectivity index (χ2n) is 2.55. The minimum absolute atomic E-state index is 0. The van der Waals surface area contributed by atoms with E-state index >= 15 is 0 Å². The molecule has 0 saturated carbocycles. The minimum Gasteiger partial charge on any atom is -0.399 e. The summed E-state index contributed by atoms with van der Waals surface area (Å²) >= 11 is 5.86. The van der Waals surface area contributed by atoms with Crippen molar-refractivity contribution in [1.82, 2.24) is 0 Å². The van der Waals surface area contributed by atoms with Crippen molar-refractivity contribution < 1.29 is 0 Å². The summed E-state index contributed by atoms with van der Waals surface area (Å²) in [6.07, 6.45) is 1.45. The number of nitrogens with two attached hydrogens (primary N) is 3. The van der Waals surface area contributed by atoms with Crippen molar-refractivity contribution in [2.45, 2.75) is 0 Å². The second-order valence-corrected chi connectivity index (χ2v) is 2.96. The van der Waals surface area contributed by atoms with Crippen molar-refractivity contribution in [2.75, 3.05) is 5.73 Å². The molecule has 0 aliphatic heterocycles. The zero-order valence-corrected chi connectivity index (χ0v) is 9.29. The van der Waals surface area contributed by atoms with E-state index in [2.05, 4.69) is 10.2 Å². The van der Waals surface area contributed by atoms with E-state index in [1.54, 1.807) is 18.2 Å². The fourth-order valence-electron chi connectivity index (χ4n) is 0.806. The largest absolute Gasteiger partial charge is 0.399 e. The van der Waals surface area contributed by atoms with Gasteiger partial charge in [-0.05, 0) is 18.2 Å². The van der Waals surface area contributed by atoms with Gasteiger partial charge in [0.15, 0.2) is 0 Å². The summed E-state index contributed by atoms with van der Waals surface area (Å²) in [5.41, 5.74) is 17.0. The molecule has 0 aliphatic rings. The molecule has 0 fully saturated rings. The Labute approximate surface area is 98.4 Å². The van der Waals surface area contributed by atoms with E-state index in [-0.39, 0.29) is 18.4 Å². The van der Waals surface area contributed by atoms with Crippen LogP contribution in [0.15, 0.2) is 28.4 Å². The summed E-state index contributed by atoms with van der Waals surface area (Å²) < 4.78 is 0. The molecule has 7 heteroatoms. The van der Waals surface area contributed by atoms with E-state index in [1.807, 2.05) is 0 Å². The SMILES string of the molecule is Cl.NC(N)=NN=Cc1ccc(N)cc1Cl. The highest BCUT2D eigenvalue weighted by Crippen LogP contribution is 2.17. The van der Waals surface area contributed by atoms with Crippen molar-refractivity contribution in [2.24, 2.45) is 21.7 Å². The summed E-state index contributed by atoms with van der Waals surface area (Å²) in [5.74, 6) is -0.104. The van der Waals surface area contributed by atoms with Crippen LogP contribution >= 0.6 is 24.0 Å². The normalized spacial score (nSPS) is 9.67. The first-order valence-electron chi connectivity index (χ1n) is 3.76. The van der Waals surface area contributed by atoms with Gasteiger partial charge in [0.25, 0.3) is 0 Å². The first-order valence-corrected chi connectivity index (χ1v) is 4.14. The average molecular weight is 248 g/mol. The van der Waals surface area contributed by atoms with Crippen molar-refractivity contribution in [3.05, 3.63) is 28.8 Å². The minimum atomic E-state index is -0.104. The molecule has 0 unspecified atom stereocenters. The number of nitrogens with zero attached hydrogens (tertiary/aromatic N) is 2. The zero-order valence-electron chi connectivity index (χ0n) is 7.72. The van der Waals surface area contributed by atoms with Crippen LogP contribution in [0.2, 0.25) is 5.02 Å². The lowest BCUT2D eigenvalue weighted by molar-refractivity contribution is 1.21. The molecule has 1 aromatic rings. The lowest BCUT2D eigenvalue weighted by atomic mass is 10.2. The smallest absolute Gasteiger partial charge is 0.211 e. The lowest BCUT2D eigenvalue weighted by Gasteiger charge is -1.97. The van der Waals surface area contributed by atoms with Gasteiger partial charge in [0.1, 0.15) is 0 Å². The summed E-state index contributed by atoms with van der Waals surface area (Å²) in [7, 11) is 0. The van der Waals surface area contributed by atoms with Gasteiger partial charge in [-0.15, -0.1) is 17.5 Å². The van der Waals surface area contributed by atoms with Crippen LogP contribution in [0.1, 0.15) is 5.56 Å². The van der Waals surface area contributed by atoms with Crippen molar-refractivity contribution >= 4 is 41.9 Å². The van der Waals surface area contributed by atoms with Gasteiger partial charge in [-0.2, -0.15) is 5.10 Å². The van der Waals surface area contributed by atoms with Gasteiger partial charge < -0.3 is 17.2 Å². The second kappa shape index (κ2) is 6.10. The fourth-order valence-corrected chi connectivity index (χ4v) is 1.04. The van der Waals surface area contributed by atoms with Gasteiger partial charge >= 0.3 is 0 Å². The van der Waals surface area contributed by atoms with Crippen LogP contribution in [0.3, 0.4) is 0 Å². The third-order valence-corrected chi connectivity index (χ3v) is 1.72. The first kappa shape index (κ1) is 13.5. The molecule has 0 saturated heterocycles. The Bertz CT molecular complexity index is 385. The topological polar surface area (TPSA) is 103 Å². The lowest BCUT2D eigenvalue weighted by Crippen LogP contribution is -2.21. The Morgan fingerprint density at radius 2 is 2.00 bits per heavy atom. The number of benzene rings is 1. The number of hydrogen-bond acceptors (Lipinski definition) is 3. The van der Waals surface area contributed by atoms with Gasteiger partial charge in [0.2, 0.25) is 5.96 Å². The Hall–Kier alpha value is -1.46. The molecule has 0 heterocycles. The molecule has 1 rings (SSSR count). The maximum absolute atomic E-state index is 5.86. The first-order chi connectivity index (χ1) is 6.59. The van der Waals surface area contributed by atoms with Crippen molar-refractivity contribution in [3.63, 3.8) is 0 Å². The number of guanidine groups is 1. The molecule has 15 heavy (non-hydrogen) atoms. The number of hydrogen-bond donors (Lipinski definition) is 3. The molecule has 0 amide bonds. The summed E-state index contributed by atoms with van der Waals surface area (Å²) in [4.78, 5) is 0. The Morgan fingerprint density at radius 3 is 2.53 bits per heavy atom. The van der Waals surface area contributed by atoms with Gasteiger partial charge in [-0.3, -0.25) is 0 Å².